The van der Waals surface area contributed by atoms with E-state index in [2.05, 4.69) is 26.2 Å². The van der Waals surface area contributed by atoms with Crippen molar-refractivity contribution < 1.29 is 9.18 Å². The number of nitrogens with zero attached hydrogens (tertiary/aromatic N) is 2. The number of halogens is 2. The number of pyridine rings is 1. The van der Waals surface area contributed by atoms with Crippen LogP contribution < -0.4 is 10.2 Å². The minimum Gasteiger partial charge on any atom is -0.363 e. The maximum atomic E-state index is 13.7. The Balaban J connectivity index is 1.90. The fourth-order valence-corrected chi connectivity index (χ4v) is 2.25. The molecule has 0 unspecified atom stereocenters. The lowest BCUT2D eigenvalue weighted by Crippen LogP contribution is -2.14. The van der Waals surface area contributed by atoms with E-state index in [-0.39, 0.29) is 18.1 Å². The van der Waals surface area contributed by atoms with Gasteiger partial charge in [-0.15, -0.1) is 0 Å². The molecular formula is C16H17BrFN3O. The standard InChI is InChI=1S/C16H17BrFN3O/c1-21(2)15-7-6-13(10-19-15)20-16(22)8-4-11-3-5-12(17)9-14(11)18/h3,5-7,9-10H,4,8H2,1-2H3,(H,20,22). The van der Waals surface area contributed by atoms with E-state index in [4.69, 9.17) is 0 Å². The van der Waals surface area contributed by atoms with Crippen LogP contribution in [0.2, 0.25) is 0 Å². The van der Waals surface area contributed by atoms with Crippen LogP contribution in [0.15, 0.2) is 41.0 Å². The SMILES string of the molecule is CN(C)c1ccc(NC(=O)CCc2ccc(Br)cc2F)cn1. The van der Waals surface area contributed by atoms with Crippen LogP contribution in [0.25, 0.3) is 0 Å². The highest BCUT2D eigenvalue weighted by Gasteiger charge is 2.07. The number of hydrogen-bond donors (Lipinski definition) is 1. The third kappa shape index (κ3) is 4.53. The maximum Gasteiger partial charge on any atom is 0.224 e. The predicted octanol–water partition coefficient (Wildman–Crippen LogP) is 3.62. The molecule has 2 aromatic rings. The molecule has 2 rings (SSSR count). The molecule has 0 fully saturated rings. The van der Waals surface area contributed by atoms with Gasteiger partial charge < -0.3 is 10.2 Å². The highest BCUT2D eigenvalue weighted by atomic mass is 79.9. The number of anilines is 2. The first-order valence-electron chi connectivity index (χ1n) is 6.83. The Labute approximate surface area is 137 Å². The van der Waals surface area contributed by atoms with Crippen LogP contribution in [-0.4, -0.2) is 25.0 Å². The van der Waals surface area contributed by atoms with Gasteiger partial charge in [0.15, 0.2) is 0 Å². The molecule has 4 nitrogen and oxygen atoms in total. The average molecular weight is 366 g/mol. The van der Waals surface area contributed by atoms with E-state index in [1.807, 2.05) is 25.1 Å². The minimum atomic E-state index is -0.306. The van der Waals surface area contributed by atoms with Crippen LogP contribution in [0, 0.1) is 5.82 Å². The van der Waals surface area contributed by atoms with Crippen molar-refractivity contribution in [3.8, 4) is 0 Å². The normalized spacial score (nSPS) is 10.4. The van der Waals surface area contributed by atoms with E-state index >= 15 is 0 Å². The smallest absolute Gasteiger partial charge is 0.224 e. The van der Waals surface area contributed by atoms with Crippen molar-refractivity contribution >= 4 is 33.3 Å². The Morgan fingerprint density at radius 1 is 1.32 bits per heavy atom. The number of hydrogen-bond acceptors (Lipinski definition) is 3. The molecule has 1 N–H and O–H groups in total. The Hall–Kier alpha value is -1.95. The molecule has 0 saturated carbocycles. The first-order chi connectivity index (χ1) is 10.5. The number of amides is 1. The van der Waals surface area contributed by atoms with Crippen molar-refractivity contribution in [3.63, 3.8) is 0 Å². The second-order valence-electron chi connectivity index (χ2n) is 5.08. The van der Waals surface area contributed by atoms with Crippen molar-refractivity contribution in [2.24, 2.45) is 0 Å². The highest BCUT2D eigenvalue weighted by molar-refractivity contribution is 9.10. The first-order valence-corrected chi connectivity index (χ1v) is 7.62. The van der Waals surface area contributed by atoms with E-state index in [1.54, 1.807) is 24.4 Å². The zero-order chi connectivity index (χ0) is 16.1. The second-order valence-corrected chi connectivity index (χ2v) is 6.00. The van der Waals surface area contributed by atoms with Gasteiger partial charge in [-0.1, -0.05) is 22.0 Å². The van der Waals surface area contributed by atoms with Crippen LogP contribution in [0.1, 0.15) is 12.0 Å². The molecule has 1 aromatic heterocycles. The van der Waals surface area contributed by atoms with Gasteiger partial charge in [0, 0.05) is 25.0 Å². The van der Waals surface area contributed by atoms with Gasteiger partial charge in [-0.25, -0.2) is 9.37 Å². The molecular weight excluding hydrogens is 349 g/mol. The molecule has 6 heteroatoms. The van der Waals surface area contributed by atoms with Gasteiger partial charge in [0.05, 0.1) is 11.9 Å². The summed E-state index contributed by atoms with van der Waals surface area (Å²) >= 11 is 3.21. The van der Waals surface area contributed by atoms with Gasteiger partial charge in [-0.2, -0.15) is 0 Å². The Morgan fingerprint density at radius 3 is 2.68 bits per heavy atom. The molecule has 0 saturated heterocycles. The fourth-order valence-electron chi connectivity index (χ4n) is 1.92. The molecule has 116 valence electrons. The highest BCUT2D eigenvalue weighted by Crippen LogP contribution is 2.17. The summed E-state index contributed by atoms with van der Waals surface area (Å²) < 4.78 is 14.4. The van der Waals surface area contributed by atoms with Crippen LogP contribution in [0.5, 0.6) is 0 Å². The maximum absolute atomic E-state index is 13.7. The number of carbonyl (C=O) groups excluding carboxylic acids is 1. The average Bonchev–Trinajstić information content (AvgIpc) is 2.47. The molecule has 0 aliphatic rings. The Morgan fingerprint density at radius 2 is 2.09 bits per heavy atom. The summed E-state index contributed by atoms with van der Waals surface area (Å²) in [4.78, 5) is 18.0. The topological polar surface area (TPSA) is 45.2 Å². The van der Waals surface area contributed by atoms with Crippen LogP contribution >= 0.6 is 15.9 Å². The number of nitrogens with one attached hydrogen (secondary N) is 1. The number of carbonyl (C=O) groups is 1. The minimum absolute atomic E-state index is 0.165. The van der Waals surface area contributed by atoms with Crippen molar-refractivity contribution in [2.75, 3.05) is 24.3 Å². The zero-order valence-corrected chi connectivity index (χ0v) is 14.0. The van der Waals surface area contributed by atoms with Crippen LogP contribution in [0.4, 0.5) is 15.9 Å². The first kappa shape index (κ1) is 16.4. The van der Waals surface area contributed by atoms with Gasteiger partial charge in [0.25, 0.3) is 0 Å². The van der Waals surface area contributed by atoms with Crippen molar-refractivity contribution in [1.82, 2.24) is 4.98 Å². The molecule has 0 aliphatic carbocycles. The summed E-state index contributed by atoms with van der Waals surface area (Å²) in [6.07, 6.45) is 2.18. The largest absolute Gasteiger partial charge is 0.363 e. The molecule has 1 aromatic carbocycles. The monoisotopic (exact) mass is 365 g/mol. The number of benzene rings is 1. The van der Waals surface area contributed by atoms with Crippen molar-refractivity contribution in [3.05, 3.63) is 52.4 Å². The van der Waals surface area contributed by atoms with E-state index in [0.29, 0.717) is 22.1 Å². The molecule has 22 heavy (non-hydrogen) atoms. The lowest BCUT2D eigenvalue weighted by molar-refractivity contribution is -0.116. The summed E-state index contributed by atoms with van der Waals surface area (Å²) in [5.41, 5.74) is 1.16. The van der Waals surface area contributed by atoms with Crippen LogP contribution in [0.3, 0.4) is 0 Å². The third-order valence-electron chi connectivity index (χ3n) is 3.13. The van der Waals surface area contributed by atoms with Gasteiger partial charge in [0.1, 0.15) is 11.6 Å². The summed E-state index contributed by atoms with van der Waals surface area (Å²) in [5.74, 6) is 0.343. The Kier molecular flexibility index (Phi) is 5.49. The van der Waals surface area contributed by atoms with Gasteiger partial charge >= 0.3 is 0 Å². The van der Waals surface area contributed by atoms with Gasteiger partial charge in [-0.3, -0.25) is 4.79 Å². The molecule has 0 aliphatic heterocycles. The van der Waals surface area contributed by atoms with Crippen LogP contribution in [-0.2, 0) is 11.2 Å². The van der Waals surface area contributed by atoms with Gasteiger partial charge in [-0.05, 0) is 36.2 Å². The molecule has 1 heterocycles. The van der Waals surface area contributed by atoms with E-state index < -0.39 is 0 Å². The lowest BCUT2D eigenvalue weighted by Gasteiger charge is -2.11. The van der Waals surface area contributed by atoms with E-state index in [1.165, 1.54) is 6.07 Å². The van der Waals surface area contributed by atoms with E-state index in [9.17, 15) is 9.18 Å². The summed E-state index contributed by atoms with van der Waals surface area (Å²) in [7, 11) is 3.79. The molecule has 0 spiro atoms. The summed E-state index contributed by atoms with van der Waals surface area (Å²) in [6, 6.07) is 8.46. The number of aromatic nitrogens is 1. The van der Waals surface area contributed by atoms with Gasteiger partial charge in [0.2, 0.25) is 5.91 Å². The number of aryl methyl sites for hydroxylation is 1. The Bertz CT molecular complexity index is 659. The summed E-state index contributed by atoms with van der Waals surface area (Å²) in [5, 5.41) is 2.76. The molecule has 1 amide bonds. The van der Waals surface area contributed by atoms with E-state index in [0.717, 1.165) is 5.82 Å². The molecule has 0 atom stereocenters. The van der Waals surface area contributed by atoms with Crippen molar-refractivity contribution in [1.29, 1.82) is 0 Å². The quantitative estimate of drug-likeness (QED) is 0.879. The van der Waals surface area contributed by atoms with Crippen molar-refractivity contribution in [2.45, 2.75) is 12.8 Å². The fraction of sp³-hybridized carbons (Fsp3) is 0.250. The number of rotatable bonds is 5. The lowest BCUT2D eigenvalue weighted by atomic mass is 10.1. The zero-order valence-electron chi connectivity index (χ0n) is 12.4. The second kappa shape index (κ2) is 7.35. The summed E-state index contributed by atoms with van der Waals surface area (Å²) in [6.45, 7) is 0. The molecule has 0 bridgehead atoms. The third-order valence-corrected chi connectivity index (χ3v) is 3.62. The predicted molar refractivity (Wildman–Crippen MR) is 89.6 cm³/mol. The molecule has 0 radical (unpaired) electrons.